The molecule has 0 atom stereocenters. The van der Waals surface area contributed by atoms with Gasteiger partial charge in [0.2, 0.25) is 0 Å². The number of rotatable bonds is 5. The maximum atomic E-state index is 13.9. The van der Waals surface area contributed by atoms with Crippen LogP contribution in [0.1, 0.15) is 21.7 Å². The monoisotopic (exact) mass is 416 g/mol. The van der Waals surface area contributed by atoms with Gasteiger partial charge in [-0.2, -0.15) is 0 Å². The van der Waals surface area contributed by atoms with E-state index in [2.05, 4.69) is 9.97 Å². The van der Waals surface area contributed by atoms with Gasteiger partial charge in [0.15, 0.2) is 0 Å². The van der Waals surface area contributed by atoms with Gasteiger partial charge in [0.1, 0.15) is 5.82 Å². The second-order valence-corrected chi connectivity index (χ2v) is 6.43. The average Bonchev–Trinajstić information content (AvgIpc) is 3.24. The van der Waals surface area contributed by atoms with Gasteiger partial charge < -0.3 is 24.7 Å². The molecule has 0 fully saturated rings. The number of amides is 1. The predicted octanol–water partition coefficient (Wildman–Crippen LogP) is 2.33. The number of nitrogens with one attached hydrogen (secondary N) is 1. The average molecular weight is 416 g/mol. The van der Waals surface area contributed by atoms with Gasteiger partial charge in [0.25, 0.3) is 5.91 Å². The minimum atomic E-state index is -1.26. The fraction of sp³-hybridized carbons (Fsp3) is 0.200. The lowest BCUT2D eigenvalue weighted by Crippen LogP contribution is -2.26. The van der Waals surface area contributed by atoms with E-state index in [0.29, 0.717) is 35.2 Å². The number of para-hydroxylation sites is 1. The van der Waals surface area contributed by atoms with Crippen LogP contribution in [-0.2, 0) is 23.2 Å². The van der Waals surface area contributed by atoms with Crippen molar-refractivity contribution in [2.75, 3.05) is 7.05 Å². The van der Waals surface area contributed by atoms with Gasteiger partial charge in [-0.25, -0.2) is 19.0 Å². The standard InChI is InChI=1S/C16H17FN4O.C4H4O4/c1-10-14(19-9-18-10)8-21(3)16(22)12-7-20(2)15-11(12)5-4-6-13(15)17;5-3(6)1-2-4(7)8/h4-7,9H,8H2,1-3H3,(H,18,19);1-2H,(H,5,6)(H,7,8). The molecule has 1 amide bonds. The van der Waals surface area contributed by atoms with Crippen LogP contribution in [-0.4, -0.2) is 54.5 Å². The molecule has 0 spiro atoms. The number of fused-ring (bicyclic) bond motifs is 1. The summed E-state index contributed by atoms with van der Waals surface area (Å²) in [6.07, 6.45) is 4.39. The third kappa shape index (κ3) is 5.31. The first-order chi connectivity index (χ1) is 14.1. The van der Waals surface area contributed by atoms with E-state index >= 15 is 0 Å². The summed E-state index contributed by atoms with van der Waals surface area (Å²) in [5.74, 6) is -3.00. The molecule has 3 N–H and O–H groups in total. The summed E-state index contributed by atoms with van der Waals surface area (Å²) in [6.45, 7) is 2.31. The molecule has 0 radical (unpaired) electrons. The number of hydrogen-bond donors (Lipinski definition) is 3. The van der Waals surface area contributed by atoms with E-state index in [9.17, 15) is 18.8 Å². The Kier molecular flexibility index (Phi) is 7.08. The number of imidazole rings is 1. The summed E-state index contributed by atoms with van der Waals surface area (Å²) in [5.41, 5.74) is 2.69. The number of carbonyl (C=O) groups is 3. The molecule has 0 saturated carbocycles. The molecule has 3 rings (SSSR count). The first kappa shape index (κ1) is 22.3. The predicted molar refractivity (Wildman–Crippen MR) is 106 cm³/mol. The number of aliphatic carboxylic acids is 2. The van der Waals surface area contributed by atoms with E-state index in [1.54, 1.807) is 48.2 Å². The molecule has 2 heterocycles. The second kappa shape index (κ2) is 9.50. The molecule has 0 aliphatic heterocycles. The van der Waals surface area contributed by atoms with E-state index in [0.717, 1.165) is 11.4 Å². The number of aromatic amines is 1. The summed E-state index contributed by atoms with van der Waals surface area (Å²) in [7, 11) is 3.45. The molecule has 30 heavy (non-hydrogen) atoms. The van der Waals surface area contributed by atoms with Crippen LogP contribution in [0.2, 0.25) is 0 Å². The van der Waals surface area contributed by atoms with Gasteiger partial charge >= 0.3 is 11.9 Å². The zero-order valence-corrected chi connectivity index (χ0v) is 16.6. The number of carbonyl (C=O) groups excluding carboxylic acids is 1. The highest BCUT2D eigenvalue weighted by Crippen LogP contribution is 2.24. The van der Waals surface area contributed by atoms with Crippen LogP contribution in [0.3, 0.4) is 0 Å². The molecular weight excluding hydrogens is 395 g/mol. The van der Waals surface area contributed by atoms with Crippen LogP contribution in [0.25, 0.3) is 10.9 Å². The van der Waals surface area contributed by atoms with Gasteiger partial charge in [0, 0.05) is 43.5 Å². The smallest absolute Gasteiger partial charge is 0.328 e. The van der Waals surface area contributed by atoms with Crippen LogP contribution in [0.4, 0.5) is 4.39 Å². The number of nitrogens with zero attached hydrogens (tertiary/aromatic N) is 3. The lowest BCUT2D eigenvalue weighted by Gasteiger charge is -2.16. The molecular formula is C20H21FN4O5. The molecule has 10 heteroatoms. The fourth-order valence-corrected chi connectivity index (χ4v) is 2.78. The Morgan fingerprint density at radius 2 is 1.87 bits per heavy atom. The quantitative estimate of drug-likeness (QED) is 0.548. The number of carboxylic acid groups (broad SMARTS) is 2. The molecule has 0 aliphatic rings. The molecule has 1 aromatic carbocycles. The fourth-order valence-electron chi connectivity index (χ4n) is 2.78. The minimum absolute atomic E-state index is 0.154. The summed E-state index contributed by atoms with van der Waals surface area (Å²) < 4.78 is 15.6. The highest BCUT2D eigenvalue weighted by molar-refractivity contribution is 6.07. The van der Waals surface area contributed by atoms with E-state index in [4.69, 9.17) is 10.2 Å². The van der Waals surface area contributed by atoms with Crippen molar-refractivity contribution in [2.24, 2.45) is 7.05 Å². The van der Waals surface area contributed by atoms with Gasteiger partial charge in [-0.3, -0.25) is 4.79 Å². The van der Waals surface area contributed by atoms with Crippen molar-refractivity contribution < 1.29 is 29.0 Å². The normalized spacial score (nSPS) is 10.7. The van der Waals surface area contributed by atoms with Crippen molar-refractivity contribution in [3.63, 3.8) is 0 Å². The van der Waals surface area contributed by atoms with Crippen molar-refractivity contribution in [1.82, 2.24) is 19.4 Å². The number of hydrogen-bond acceptors (Lipinski definition) is 4. The van der Waals surface area contributed by atoms with Crippen LogP contribution in [0.15, 0.2) is 42.9 Å². The van der Waals surface area contributed by atoms with Crippen LogP contribution >= 0.6 is 0 Å². The van der Waals surface area contributed by atoms with Crippen molar-refractivity contribution in [3.8, 4) is 0 Å². The summed E-state index contributed by atoms with van der Waals surface area (Å²) >= 11 is 0. The van der Waals surface area contributed by atoms with E-state index < -0.39 is 11.9 Å². The molecule has 0 aliphatic carbocycles. The molecule has 0 saturated heterocycles. The van der Waals surface area contributed by atoms with Crippen LogP contribution < -0.4 is 0 Å². The lowest BCUT2D eigenvalue weighted by molar-refractivity contribution is -0.134. The minimum Gasteiger partial charge on any atom is -0.478 e. The Balaban J connectivity index is 0.000000343. The number of aryl methyl sites for hydroxylation is 2. The maximum Gasteiger partial charge on any atom is 0.328 e. The Bertz CT molecular complexity index is 1100. The molecule has 9 nitrogen and oxygen atoms in total. The first-order valence-electron chi connectivity index (χ1n) is 8.73. The van der Waals surface area contributed by atoms with E-state index in [-0.39, 0.29) is 11.7 Å². The van der Waals surface area contributed by atoms with Crippen molar-refractivity contribution in [1.29, 1.82) is 0 Å². The lowest BCUT2D eigenvalue weighted by atomic mass is 10.1. The van der Waals surface area contributed by atoms with E-state index in [1.165, 1.54) is 6.07 Å². The SMILES string of the molecule is Cc1[nH]cnc1CN(C)C(=O)c1cn(C)c2c(F)cccc12.O=C(O)C=CC(=O)O. The molecule has 2 aromatic heterocycles. The van der Waals surface area contributed by atoms with Crippen LogP contribution in [0, 0.1) is 12.7 Å². The van der Waals surface area contributed by atoms with Gasteiger partial charge in [0.05, 0.1) is 29.6 Å². The Hall–Kier alpha value is -3.95. The molecule has 3 aromatic rings. The number of benzene rings is 1. The maximum absolute atomic E-state index is 13.9. The summed E-state index contributed by atoms with van der Waals surface area (Å²) in [6, 6.07) is 4.78. The van der Waals surface area contributed by atoms with Gasteiger partial charge in [-0.1, -0.05) is 12.1 Å². The number of H-pyrrole nitrogens is 1. The third-order valence-corrected chi connectivity index (χ3v) is 4.22. The summed E-state index contributed by atoms with van der Waals surface area (Å²) in [5, 5.41) is 16.2. The van der Waals surface area contributed by atoms with Gasteiger partial charge in [-0.15, -0.1) is 0 Å². The number of carboxylic acids is 2. The topological polar surface area (TPSA) is 129 Å². The van der Waals surface area contributed by atoms with E-state index in [1.807, 2.05) is 6.92 Å². The van der Waals surface area contributed by atoms with Gasteiger partial charge in [-0.05, 0) is 13.0 Å². The molecule has 158 valence electrons. The summed E-state index contributed by atoms with van der Waals surface area (Å²) in [4.78, 5) is 40.6. The third-order valence-electron chi connectivity index (χ3n) is 4.22. The highest BCUT2D eigenvalue weighted by atomic mass is 19.1. The van der Waals surface area contributed by atoms with Crippen molar-refractivity contribution in [3.05, 3.63) is 65.6 Å². The second-order valence-electron chi connectivity index (χ2n) is 6.43. The molecule has 0 unspecified atom stereocenters. The zero-order chi connectivity index (χ0) is 22.4. The Labute approximate surface area is 171 Å². The Morgan fingerprint density at radius 3 is 2.40 bits per heavy atom. The largest absolute Gasteiger partial charge is 0.478 e. The number of halogens is 1. The van der Waals surface area contributed by atoms with Crippen LogP contribution in [0.5, 0.6) is 0 Å². The molecule has 0 bridgehead atoms. The zero-order valence-electron chi connectivity index (χ0n) is 16.6. The number of aromatic nitrogens is 3. The Morgan fingerprint density at radius 1 is 1.23 bits per heavy atom. The van der Waals surface area contributed by atoms with Crippen molar-refractivity contribution >= 4 is 28.7 Å². The highest BCUT2D eigenvalue weighted by Gasteiger charge is 2.20. The van der Waals surface area contributed by atoms with Crippen molar-refractivity contribution in [2.45, 2.75) is 13.5 Å². The first-order valence-corrected chi connectivity index (χ1v) is 8.73.